The van der Waals surface area contributed by atoms with Gasteiger partial charge in [0, 0.05) is 24.7 Å². The molecule has 0 radical (unpaired) electrons. The molecule has 0 bridgehead atoms. The molecule has 1 aromatic heterocycles. The molecule has 1 atom stereocenters. The van der Waals surface area contributed by atoms with Crippen LogP contribution >= 0.6 is 0 Å². The first-order valence-corrected chi connectivity index (χ1v) is 8.00. The predicted molar refractivity (Wildman–Crippen MR) is 86.6 cm³/mol. The fourth-order valence-electron chi connectivity index (χ4n) is 2.84. The van der Waals surface area contributed by atoms with Crippen molar-refractivity contribution in [2.75, 3.05) is 20.1 Å². The van der Waals surface area contributed by atoms with Gasteiger partial charge < -0.3 is 10.2 Å². The van der Waals surface area contributed by atoms with E-state index in [0.717, 1.165) is 31.5 Å². The molecule has 1 aliphatic heterocycles. The average molecular weight is 314 g/mol. The second kappa shape index (κ2) is 6.87. The Morgan fingerprint density at radius 2 is 1.96 bits per heavy atom. The fraction of sp³-hybridized carbons (Fsp3) is 0.500. The first-order chi connectivity index (χ1) is 11.2. The first-order valence-electron chi connectivity index (χ1n) is 8.00. The van der Waals surface area contributed by atoms with E-state index < -0.39 is 6.04 Å². The number of aromatic nitrogens is 4. The normalized spacial score (nSPS) is 17.2. The van der Waals surface area contributed by atoms with Crippen molar-refractivity contribution in [1.82, 2.24) is 30.4 Å². The van der Waals surface area contributed by atoms with Crippen LogP contribution in [-0.2, 0) is 4.79 Å². The van der Waals surface area contributed by atoms with Crippen LogP contribution in [0.5, 0.6) is 0 Å². The summed E-state index contributed by atoms with van der Waals surface area (Å²) >= 11 is 0. The largest absolute Gasteiger partial charge is 0.341 e. The number of carbonyl (C=O) groups is 1. The molecule has 23 heavy (non-hydrogen) atoms. The summed E-state index contributed by atoms with van der Waals surface area (Å²) in [5.74, 6) is 0.593. The van der Waals surface area contributed by atoms with Crippen molar-refractivity contribution < 1.29 is 4.79 Å². The van der Waals surface area contributed by atoms with Gasteiger partial charge in [-0.3, -0.25) is 4.79 Å². The number of nitrogens with zero attached hydrogens (tertiary/aromatic N) is 5. The number of piperidine rings is 1. The Labute approximate surface area is 135 Å². The SMILES string of the molecule is CNC1CCN(C(=O)C(C)n2nnc(-c3ccccc3)n2)CC1. The summed E-state index contributed by atoms with van der Waals surface area (Å²) in [6.45, 7) is 3.37. The van der Waals surface area contributed by atoms with Crippen molar-refractivity contribution >= 4 is 5.91 Å². The van der Waals surface area contributed by atoms with E-state index in [-0.39, 0.29) is 5.91 Å². The third-order valence-electron chi connectivity index (χ3n) is 4.38. The molecule has 1 saturated heterocycles. The standard InChI is InChI=1S/C16H22N6O/c1-12(16(23)21-10-8-14(17-2)9-11-21)22-19-15(18-20-22)13-6-4-3-5-7-13/h3-7,12,14,17H,8-11H2,1-2H3. The van der Waals surface area contributed by atoms with E-state index in [0.29, 0.717) is 11.9 Å². The van der Waals surface area contributed by atoms with Gasteiger partial charge in [-0.1, -0.05) is 30.3 Å². The van der Waals surface area contributed by atoms with Crippen molar-refractivity contribution in [3.05, 3.63) is 30.3 Å². The topological polar surface area (TPSA) is 75.9 Å². The molecule has 0 aliphatic carbocycles. The van der Waals surface area contributed by atoms with Gasteiger partial charge in [0.1, 0.15) is 6.04 Å². The monoisotopic (exact) mass is 314 g/mol. The minimum absolute atomic E-state index is 0.0524. The number of tetrazole rings is 1. The van der Waals surface area contributed by atoms with Crippen LogP contribution in [0, 0.1) is 0 Å². The highest BCUT2D eigenvalue weighted by Gasteiger charge is 2.27. The zero-order chi connectivity index (χ0) is 16.2. The molecule has 0 spiro atoms. The number of rotatable bonds is 4. The molecule has 1 N–H and O–H groups in total. The molecule has 7 nitrogen and oxygen atoms in total. The van der Waals surface area contributed by atoms with Crippen LogP contribution in [0.4, 0.5) is 0 Å². The van der Waals surface area contributed by atoms with Gasteiger partial charge in [-0.15, -0.1) is 10.2 Å². The first kappa shape index (κ1) is 15.6. The molecule has 1 aliphatic rings. The lowest BCUT2D eigenvalue weighted by atomic mass is 10.0. The predicted octanol–water partition coefficient (Wildman–Crippen LogP) is 1.11. The number of likely N-dealkylation sites (tertiary alicyclic amines) is 1. The van der Waals surface area contributed by atoms with Gasteiger partial charge in [0.25, 0.3) is 0 Å². The zero-order valence-electron chi connectivity index (χ0n) is 13.5. The van der Waals surface area contributed by atoms with E-state index in [9.17, 15) is 4.79 Å². The van der Waals surface area contributed by atoms with E-state index in [1.165, 1.54) is 4.80 Å². The highest BCUT2D eigenvalue weighted by molar-refractivity contribution is 5.80. The van der Waals surface area contributed by atoms with Crippen LogP contribution < -0.4 is 5.32 Å². The lowest BCUT2D eigenvalue weighted by Gasteiger charge is -2.33. The minimum atomic E-state index is -0.439. The summed E-state index contributed by atoms with van der Waals surface area (Å²) in [4.78, 5) is 15.9. The number of hydrogen-bond donors (Lipinski definition) is 1. The highest BCUT2D eigenvalue weighted by atomic mass is 16.2. The van der Waals surface area contributed by atoms with Crippen LogP contribution in [0.25, 0.3) is 11.4 Å². The van der Waals surface area contributed by atoms with Crippen LogP contribution in [0.3, 0.4) is 0 Å². The molecule has 1 fully saturated rings. The smallest absolute Gasteiger partial charge is 0.249 e. The molecule has 2 heterocycles. The van der Waals surface area contributed by atoms with Gasteiger partial charge in [-0.25, -0.2) is 0 Å². The van der Waals surface area contributed by atoms with Gasteiger partial charge in [0.2, 0.25) is 11.7 Å². The van der Waals surface area contributed by atoms with Crippen LogP contribution in [0.2, 0.25) is 0 Å². The van der Waals surface area contributed by atoms with Crippen molar-refractivity contribution in [1.29, 1.82) is 0 Å². The maximum atomic E-state index is 12.6. The van der Waals surface area contributed by atoms with Crippen LogP contribution in [-0.4, -0.2) is 57.2 Å². The number of hydrogen-bond acceptors (Lipinski definition) is 5. The Hall–Kier alpha value is -2.28. The second-order valence-electron chi connectivity index (χ2n) is 5.86. The molecule has 0 saturated carbocycles. The van der Waals surface area contributed by atoms with Crippen molar-refractivity contribution in [2.45, 2.75) is 31.8 Å². The number of benzene rings is 1. The third kappa shape index (κ3) is 3.39. The maximum Gasteiger partial charge on any atom is 0.249 e. The molecule has 7 heteroatoms. The fourth-order valence-corrected chi connectivity index (χ4v) is 2.84. The Kier molecular flexibility index (Phi) is 4.66. The van der Waals surface area contributed by atoms with Crippen molar-refractivity contribution in [3.63, 3.8) is 0 Å². The second-order valence-corrected chi connectivity index (χ2v) is 5.86. The molecule has 1 aromatic carbocycles. The molecule has 1 amide bonds. The molecule has 2 aromatic rings. The van der Waals surface area contributed by atoms with E-state index in [1.807, 2.05) is 49.2 Å². The van der Waals surface area contributed by atoms with Crippen LogP contribution in [0.15, 0.2) is 30.3 Å². The Bertz CT molecular complexity index is 648. The molecular weight excluding hydrogens is 292 g/mol. The average Bonchev–Trinajstić information content (AvgIpc) is 3.11. The van der Waals surface area contributed by atoms with E-state index in [4.69, 9.17) is 0 Å². The minimum Gasteiger partial charge on any atom is -0.341 e. The Morgan fingerprint density at radius 1 is 1.26 bits per heavy atom. The summed E-state index contributed by atoms with van der Waals surface area (Å²) < 4.78 is 0. The quantitative estimate of drug-likeness (QED) is 0.915. The van der Waals surface area contributed by atoms with E-state index >= 15 is 0 Å². The summed E-state index contributed by atoms with van der Waals surface area (Å²) in [7, 11) is 1.97. The van der Waals surface area contributed by atoms with Crippen LogP contribution in [0.1, 0.15) is 25.8 Å². The summed E-state index contributed by atoms with van der Waals surface area (Å²) in [6.07, 6.45) is 1.96. The lowest BCUT2D eigenvalue weighted by Crippen LogP contribution is -2.46. The summed E-state index contributed by atoms with van der Waals surface area (Å²) in [5, 5.41) is 15.7. The number of amides is 1. The summed E-state index contributed by atoms with van der Waals surface area (Å²) in [6, 6.07) is 9.71. The van der Waals surface area contributed by atoms with Crippen molar-refractivity contribution in [3.8, 4) is 11.4 Å². The van der Waals surface area contributed by atoms with Crippen molar-refractivity contribution in [2.24, 2.45) is 0 Å². The van der Waals surface area contributed by atoms with Gasteiger partial charge >= 0.3 is 0 Å². The Balaban J connectivity index is 1.67. The zero-order valence-corrected chi connectivity index (χ0v) is 13.5. The molecule has 122 valence electrons. The highest BCUT2D eigenvalue weighted by Crippen LogP contribution is 2.17. The molecule has 3 rings (SSSR count). The maximum absolute atomic E-state index is 12.6. The summed E-state index contributed by atoms with van der Waals surface area (Å²) in [5.41, 5.74) is 0.897. The molecular formula is C16H22N6O. The number of carbonyl (C=O) groups excluding carboxylic acids is 1. The van der Waals surface area contributed by atoms with Gasteiger partial charge in [-0.2, -0.15) is 4.80 Å². The Morgan fingerprint density at radius 3 is 2.61 bits per heavy atom. The third-order valence-corrected chi connectivity index (χ3v) is 4.38. The van der Waals surface area contributed by atoms with Gasteiger partial charge in [-0.05, 0) is 32.0 Å². The molecule has 1 unspecified atom stereocenters. The number of nitrogens with one attached hydrogen (secondary N) is 1. The van der Waals surface area contributed by atoms with Gasteiger partial charge in [0.05, 0.1) is 0 Å². The van der Waals surface area contributed by atoms with E-state index in [1.54, 1.807) is 0 Å². The van der Waals surface area contributed by atoms with E-state index in [2.05, 4.69) is 20.7 Å². The van der Waals surface area contributed by atoms with Gasteiger partial charge in [0.15, 0.2) is 0 Å². The lowest BCUT2D eigenvalue weighted by molar-refractivity contribution is -0.136.